The fourth-order valence-corrected chi connectivity index (χ4v) is 2.92. The van der Waals surface area contributed by atoms with Gasteiger partial charge in [-0.1, -0.05) is 0 Å². The molecule has 1 aromatic carbocycles. The van der Waals surface area contributed by atoms with Crippen LogP contribution in [0.1, 0.15) is 41.8 Å². The molecule has 2 amide bonds. The minimum absolute atomic E-state index is 0.0723. The molecule has 1 fully saturated rings. The summed E-state index contributed by atoms with van der Waals surface area (Å²) in [7, 11) is 0. The van der Waals surface area contributed by atoms with Crippen molar-refractivity contribution in [1.29, 1.82) is 0 Å². The molecule has 1 saturated heterocycles. The fraction of sp³-hybridized carbons (Fsp3) is 0.353. The molecule has 0 atom stereocenters. The van der Waals surface area contributed by atoms with Gasteiger partial charge in [-0.3, -0.25) is 9.59 Å². The van der Waals surface area contributed by atoms with Crippen LogP contribution in [0.3, 0.4) is 0 Å². The molecule has 7 heteroatoms. The molecule has 1 aliphatic rings. The maximum Gasteiger partial charge on any atom is 0.253 e. The number of hydrogen-bond acceptors (Lipinski definition) is 4. The molecule has 6 nitrogen and oxygen atoms in total. The molecule has 1 aromatic heterocycles. The van der Waals surface area contributed by atoms with E-state index < -0.39 is 5.82 Å². The number of anilines is 1. The maximum absolute atomic E-state index is 14.0. The topological polar surface area (TPSA) is 75.4 Å². The van der Waals surface area contributed by atoms with Gasteiger partial charge >= 0.3 is 0 Å². The highest BCUT2D eigenvalue weighted by atomic mass is 19.1. The fourth-order valence-electron chi connectivity index (χ4n) is 2.92. The van der Waals surface area contributed by atoms with Gasteiger partial charge in [0, 0.05) is 31.5 Å². The standard InChI is InChI=1S/C17H18FN3O3/c1-11(22)20-15-3-2-13(8-14(15)18)17(23)21-6-4-12(5-7-21)16-9-19-10-24-16/h2-3,8-10,12H,4-7H2,1H3,(H,20,22). The molecule has 2 heterocycles. The first-order valence-corrected chi connectivity index (χ1v) is 7.79. The number of halogens is 1. The summed E-state index contributed by atoms with van der Waals surface area (Å²) in [4.78, 5) is 29.1. The second-order valence-corrected chi connectivity index (χ2v) is 5.85. The maximum atomic E-state index is 14.0. The zero-order valence-corrected chi connectivity index (χ0v) is 13.3. The lowest BCUT2D eigenvalue weighted by Gasteiger charge is -2.31. The van der Waals surface area contributed by atoms with E-state index in [4.69, 9.17) is 4.42 Å². The molecule has 24 heavy (non-hydrogen) atoms. The molecule has 0 unspecified atom stereocenters. The zero-order chi connectivity index (χ0) is 17.1. The Labute approximate surface area is 138 Å². The number of likely N-dealkylation sites (tertiary alicyclic amines) is 1. The smallest absolute Gasteiger partial charge is 0.253 e. The molecule has 0 aliphatic carbocycles. The highest BCUT2D eigenvalue weighted by Crippen LogP contribution is 2.28. The van der Waals surface area contributed by atoms with Crippen molar-refractivity contribution in [2.75, 3.05) is 18.4 Å². The number of piperidine rings is 1. The number of oxazole rings is 1. The van der Waals surface area contributed by atoms with Gasteiger partial charge < -0.3 is 14.6 Å². The van der Waals surface area contributed by atoms with E-state index in [1.807, 2.05) is 0 Å². The van der Waals surface area contributed by atoms with E-state index in [1.54, 1.807) is 11.1 Å². The van der Waals surface area contributed by atoms with Crippen LogP contribution in [-0.4, -0.2) is 34.8 Å². The first-order chi connectivity index (χ1) is 11.5. The highest BCUT2D eigenvalue weighted by molar-refractivity contribution is 5.95. The van der Waals surface area contributed by atoms with Crippen LogP contribution in [-0.2, 0) is 4.79 Å². The Morgan fingerprint density at radius 2 is 2.08 bits per heavy atom. The summed E-state index contributed by atoms with van der Waals surface area (Å²) in [6, 6.07) is 4.10. The molecular weight excluding hydrogens is 313 g/mol. The second-order valence-electron chi connectivity index (χ2n) is 5.85. The number of nitrogens with one attached hydrogen (secondary N) is 1. The van der Waals surface area contributed by atoms with E-state index in [0.717, 1.165) is 24.7 Å². The van der Waals surface area contributed by atoms with Gasteiger partial charge in [0.1, 0.15) is 11.6 Å². The summed E-state index contributed by atoms with van der Waals surface area (Å²) in [5.74, 6) is -0.0856. The lowest BCUT2D eigenvalue weighted by atomic mass is 9.94. The quantitative estimate of drug-likeness (QED) is 0.938. The second kappa shape index (κ2) is 6.82. The highest BCUT2D eigenvalue weighted by Gasteiger charge is 2.26. The van der Waals surface area contributed by atoms with Crippen molar-refractivity contribution in [1.82, 2.24) is 9.88 Å². The third-order valence-corrected chi connectivity index (χ3v) is 4.16. The monoisotopic (exact) mass is 331 g/mol. The van der Waals surface area contributed by atoms with E-state index in [-0.39, 0.29) is 29.0 Å². The van der Waals surface area contributed by atoms with E-state index in [1.165, 1.54) is 25.5 Å². The minimum Gasteiger partial charge on any atom is -0.448 e. The Balaban J connectivity index is 1.65. The number of rotatable bonds is 3. The van der Waals surface area contributed by atoms with Crippen LogP contribution in [0.15, 0.2) is 35.2 Å². The van der Waals surface area contributed by atoms with Gasteiger partial charge in [-0.25, -0.2) is 9.37 Å². The number of amides is 2. The molecular formula is C17H18FN3O3. The molecule has 0 saturated carbocycles. The van der Waals surface area contributed by atoms with Gasteiger partial charge in [-0.15, -0.1) is 0 Å². The summed E-state index contributed by atoms with van der Waals surface area (Å²) in [5.41, 5.74) is 0.350. The van der Waals surface area contributed by atoms with Gasteiger partial charge in [-0.05, 0) is 31.0 Å². The summed E-state index contributed by atoms with van der Waals surface area (Å²) in [5, 5.41) is 2.38. The zero-order valence-electron chi connectivity index (χ0n) is 13.3. The lowest BCUT2D eigenvalue weighted by Crippen LogP contribution is -2.37. The van der Waals surface area contributed by atoms with Crippen molar-refractivity contribution >= 4 is 17.5 Å². The van der Waals surface area contributed by atoms with Crippen LogP contribution < -0.4 is 5.32 Å². The SMILES string of the molecule is CC(=O)Nc1ccc(C(=O)N2CCC(c3cnco3)CC2)cc1F. The van der Waals surface area contributed by atoms with E-state index in [2.05, 4.69) is 10.3 Å². The lowest BCUT2D eigenvalue weighted by molar-refractivity contribution is -0.114. The molecule has 0 radical (unpaired) electrons. The molecule has 2 aromatic rings. The van der Waals surface area contributed by atoms with Crippen molar-refractivity contribution in [2.45, 2.75) is 25.7 Å². The number of carbonyl (C=O) groups is 2. The van der Waals surface area contributed by atoms with Crippen molar-refractivity contribution < 1.29 is 18.4 Å². The predicted octanol–water partition coefficient (Wildman–Crippen LogP) is 2.79. The molecule has 0 bridgehead atoms. The number of carbonyl (C=O) groups excluding carboxylic acids is 2. The Hall–Kier alpha value is -2.70. The third kappa shape index (κ3) is 3.45. The van der Waals surface area contributed by atoms with Gasteiger partial charge in [-0.2, -0.15) is 0 Å². The van der Waals surface area contributed by atoms with E-state index in [0.29, 0.717) is 13.1 Å². The van der Waals surface area contributed by atoms with Crippen LogP contribution in [0.25, 0.3) is 0 Å². The van der Waals surface area contributed by atoms with Crippen molar-refractivity contribution in [3.63, 3.8) is 0 Å². The van der Waals surface area contributed by atoms with Crippen LogP contribution in [0.4, 0.5) is 10.1 Å². The van der Waals surface area contributed by atoms with Crippen molar-refractivity contribution in [3.05, 3.63) is 47.9 Å². The molecule has 1 N–H and O–H groups in total. The first kappa shape index (κ1) is 16.2. The Bertz CT molecular complexity index is 738. The Morgan fingerprint density at radius 1 is 1.33 bits per heavy atom. The average molecular weight is 331 g/mol. The van der Waals surface area contributed by atoms with Gasteiger partial charge in [0.05, 0.1) is 11.9 Å². The molecule has 0 spiro atoms. The minimum atomic E-state index is -0.618. The molecule has 1 aliphatic heterocycles. The molecule has 3 rings (SSSR count). The average Bonchev–Trinajstić information content (AvgIpc) is 3.10. The van der Waals surface area contributed by atoms with Crippen LogP contribution in [0.5, 0.6) is 0 Å². The Kier molecular flexibility index (Phi) is 4.59. The van der Waals surface area contributed by atoms with Crippen molar-refractivity contribution in [2.24, 2.45) is 0 Å². The van der Waals surface area contributed by atoms with E-state index in [9.17, 15) is 14.0 Å². The molecule has 126 valence electrons. The number of aromatic nitrogens is 1. The summed E-state index contributed by atoms with van der Waals surface area (Å²) in [6.45, 7) is 2.47. The summed E-state index contributed by atoms with van der Waals surface area (Å²) < 4.78 is 19.3. The number of nitrogens with zero attached hydrogens (tertiary/aromatic N) is 2. The third-order valence-electron chi connectivity index (χ3n) is 4.16. The normalized spacial score (nSPS) is 15.3. The largest absolute Gasteiger partial charge is 0.448 e. The van der Waals surface area contributed by atoms with Crippen LogP contribution in [0.2, 0.25) is 0 Å². The Morgan fingerprint density at radius 3 is 2.67 bits per heavy atom. The van der Waals surface area contributed by atoms with E-state index >= 15 is 0 Å². The van der Waals surface area contributed by atoms with Crippen molar-refractivity contribution in [3.8, 4) is 0 Å². The van der Waals surface area contributed by atoms with Crippen LogP contribution in [0, 0.1) is 5.82 Å². The summed E-state index contributed by atoms with van der Waals surface area (Å²) in [6.07, 6.45) is 4.69. The van der Waals surface area contributed by atoms with Gasteiger partial charge in [0.2, 0.25) is 5.91 Å². The first-order valence-electron chi connectivity index (χ1n) is 7.79. The van der Waals surface area contributed by atoms with Gasteiger partial charge in [0.25, 0.3) is 5.91 Å². The summed E-state index contributed by atoms with van der Waals surface area (Å²) >= 11 is 0. The number of hydrogen-bond donors (Lipinski definition) is 1. The number of benzene rings is 1. The predicted molar refractivity (Wildman–Crippen MR) is 85.1 cm³/mol. The van der Waals surface area contributed by atoms with Crippen LogP contribution >= 0.6 is 0 Å². The van der Waals surface area contributed by atoms with Gasteiger partial charge in [0.15, 0.2) is 6.39 Å².